The summed E-state index contributed by atoms with van der Waals surface area (Å²) in [7, 11) is 1.08. The zero-order valence-corrected chi connectivity index (χ0v) is 4.87. The summed E-state index contributed by atoms with van der Waals surface area (Å²) >= 11 is 8.03. The lowest BCUT2D eigenvalue weighted by Gasteiger charge is -1.76. The Morgan fingerprint density at radius 2 is 2.20 bits per heavy atom. The molecule has 0 aromatic rings. The minimum Gasteiger partial charge on any atom is -0.384 e. The lowest BCUT2D eigenvalue weighted by atomic mass is 11.5. The summed E-state index contributed by atoms with van der Waals surface area (Å²) in [5, 5.41) is 0. The first-order valence-electron chi connectivity index (χ1n) is 0.879. The number of thiocarbonyl (C=S) groups is 1. The van der Waals surface area contributed by atoms with E-state index in [1.807, 2.05) is 0 Å². The molecule has 1 nitrogen and oxygen atoms in total. The van der Waals surface area contributed by atoms with Gasteiger partial charge in [0.15, 0.2) is 0 Å². The molecule has 0 bridgehead atoms. The van der Waals surface area contributed by atoms with Crippen LogP contribution in [0.25, 0.3) is 0 Å². The molecule has 0 amide bonds. The highest BCUT2D eigenvalue weighted by molar-refractivity contribution is 8.76. The lowest BCUT2D eigenvalue weighted by molar-refractivity contribution is 1.91. The van der Waals surface area contributed by atoms with Crippen molar-refractivity contribution in [3.63, 3.8) is 0 Å². The second-order valence-corrected chi connectivity index (χ2v) is 2.28. The van der Waals surface area contributed by atoms with Gasteiger partial charge in [0, 0.05) is 0 Å². The third kappa shape index (κ3) is 4.59. The van der Waals surface area contributed by atoms with Gasteiger partial charge in [0.1, 0.15) is 4.32 Å². The van der Waals surface area contributed by atoms with E-state index in [9.17, 15) is 0 Å². The van der Waals surface area contributed by atoms with Crippen LogP contribution in [-0.4, -0.2) is 4.32 Å². The fourth-order valence-corrected chi connectivity index (χ4v) is 0. The Kier molecular flexibility index (Phi) is 3.14. The average Bonchev–Trinajstić information content (AvgIpc) is 1.38. The molecular weight excluding hydrogens is 122 g/mol. The van der Waals surface area contributed by atoms with Gasteiger partial charge in [-0.2, -0.15) is 0 Å². The molecule has 0 aliphatic heterocycles. The Hall–Kier alpha value is 0.590. The number of thiol groups is 1. The van der Waals surface area contributed by atoms with Gasteiger partial charge < -0.3 is 5.73 Å². The fraction of sp³-hybridized carbons (Fsp3) is 0. The highest BCUT2D eigenvalue weighted by Gasteiger charge is 1.73. The number of rotatable bonds is 0. The van der Waals surface area contributed by atoms with Gasteiger partial charge in [-0.1, -0.05) is 12.2 Å². The molecule has 0 fully saturated rings. The summed E-state index contributed by atoms with van der Waals surface area (Å²) in [6.07, 6.45) is 0. The van der Waals surface area contributed by atoms with Crippen molar-refractivity contribution in [1.82, 2.24) is 0 Å². The van der Waals surface area contributed by atoms with Gasteiger partial charge in [0.05, 0.1) is 0 Å². The van der Waals surface area contributed by atoms with Crippen molar-refractivity contribution in [3.8, 4) is 0 Å². The van der Waals surface area contributed by atoms with Crippen LogP contribution in [0, 0.1) is 0 Å². The quantitative estimate of drug-likeness (QED) is 0.285. The molecule has 2 N–H and O–H groups in total. The molecule has 0 unspecified atom stereocenters. The summed E-state index contributed by atoms with van der Waals surface area (Å²) in [5.74, 6) is 0. The van der Waals surface area contributed by atoms with Crippen LogP contribution in [0.2, 0.25) is 0 Å². The van der Waals surface area contributed by atoms with Crippen LogP contribution in [0.3, 0.4) is 0 Å². The van der Waals surface area contributed by atoms with Gasteiger partial charge in [-0.05, 0) is 10.8 Å². The summed E-state index contributed by atoms with van der Waals surface area (Å²) in [5.41, 5.74) is 4.91. The van der Waals surface area contributed by atoms with Crippen molar-refractivity contribution in [2.45, 2.75) is 0 Å². The zero-order chi connectivity index (χ0) is 4.28. The molecule has 0 aliphatic carbocycles. The van der Waals surface area contributed by atoms with Crippen LogP contribution >= 0.6 is 34.7 Å². The number of nitrogens with two attached hydrogens (primary N) is 1. The van der Waals surface area contributed by atoms with Crippen LogP contribution in [-0.2, 0) is 0 Å². The van der Waals surface area contributed by atoms with Crippen LogP contribution in [0.15, 0.2) is 0 Å². The SMILES string of the molecule is NC(=S)SS. The Balaban J connectivity index is 2.85. The largest absolute Gasteiger partial charge is 0.384 e. The van der Waals surface area contributed by atoms with E-state index in [1.165, 1.54) is 0 Å². The summed E-state index contributed by atoms with van der Waals surface area (Å²) in [4.78, 5) is 0. The van der Waals surface area contributed by atoms with E-state index in [2.05, 4.69) is 23.9 Å². The van der Waals surface area contributed by atoms with Gasteiger partial charge in [0.2, 0.25) is 0 Å². The Morgan fingerprint density at radius 1 is 2.00 bits per heavy atom. The van der Waals surface area contributed by atoms with Crippen LogP contribution in [0.5, 0.6) is 0 Å². The first kappa shape index (κ1) is 5.59. The Morgan fingerprint density at radius 3 is 2.20 bits per heavy atom. The smallest absolute Gasteiger partial charge is 0.141 e. The third-order valence-corrected chi connectivity index (χ3v) is 1.48. The second-order valence-electron chi connectivity index (χ2n) is 0.410. The average molecular weight is 125 g/mol. The monoisotopic (exact) mass is 125 g/mol. The molecule has 0 saturated carbocycles. The van der Waals surface area contributed by atoms with E-state index in [0.717, 1.165) is 10.8 Å². The minimum absolute atomic E-state index is 0.369. The molecule has 0 spiro atoms. The van der Waals surface area contributed by atoms with E-state index in [0.29, 0.717) is 4.32 Å². The molecule has 0 aliphatic rings. The summed E-state index contributed by atoms with van der Waals surface area (Å²) < 4.78 is 0.369. The standard InChI is InChI=1S/CH3NS3/c2-1(3)5-4/h4H,(H2,2,3). The maximum Gasteiger partial charge on any atom is 0.141 e. The van der Waals surface area contributed by atoms with Gasteiger partial charge in [-0.25, -0.2) is 0 Å². The normalized spacial score (nSPS) is 7.40. The molecular formula is CH3NS3. The molecule has 0 atom stereocenters. The van der Waals surface area contributed by atoms with Crippen LogP contribution in [0.1, 0.15) is 0 Å². The first-order valence-corrected chi connectivity index (χ1v) is 3.16. The van der Waals surface area contributed by atoms with Crippen LogP contribution < -0.4 is 5.73 Å². The van der Waals surface area contributed by atoms with Crippen molar-refractivity contribution in [1.29, 1.82) is 0 Å². The molecule has 0 saturated heterocycles. The topological polar surface area (TPSA) is 26.0 Å². The zero-order valence-electron chi connectivity index (χ0n) is 2.34. The van der Waals surface area contributed by atoms with E-state index >= 15 is 0 Å². The minimum atomic E-state index is 0.369. The van der Waals surface area contributed by atoms with Crippen molar-refractivity contribution in [3.05, 3.63) is 0 Å². The van der Waals surface area contributed by atoms with Gasteiger partial charge in [-0.3, -0.25) is 0 Å². The van der Waals surface area contributed by atoms with Gasteiger partial charge >= 0.3 is 0 Å². The van der Waals surface area contributed by atoms with E-state index < -0.39 is 0 Å². The van der Waals surface area contributed by atoms with E-state index in [1.54, 1.807) is 0 Å². The second kappa shape index (κ2) is 2.81. The molecule has 0 heterocycles. The maximum absolute atomic E-state index is 4.91. The van der Waals surface area contributed by atoms with E-state index in [4.69, 9.17) is 5.73 Å². The van der Waals surface area contributed by atoms with Gasteiger partial charge in [-0.15, -0.1) is 11.7 Å². The van der Waals surface area contributed by atoms with Crippen molar-refractivity contribution < 1.29 is 0 Å². The number of hydrogen-bond donors (Lipinski definition) is 2. The predicted octanol–water partition coefficient (Wildman–Crippen LogP) is 0.808. The van der Waals surface area contributed by atoms with E-state index in [-0.39, 0.29) is 0 Å². The van der Waals surface area contributed by atoms with Crippen LogP contribution in [0.4, 0.5) is 0 Å². The fourth-order valence-electron chi connectivity index (χ4n) is 0. The molecule has 4 heteroatoms. The van der Waals surface area contributed by atoms with Crippen molar-refractivity contribution >= 4 is 39.0 Å². The molecule has 30 valence electrons. The lowest BCUT2D eigenvalue weighted by Crippen LogP contribution is -1.97. The third-order valence-electron chi connectivity index (χ3n) is 0.0900. The molecule has 0 aromatic carbocycles. The van der Waals surface area contributed by atoms with Crippen molar-refractivity contribution in [2.24, 2.45) is 5.73 Å². The van der Waals surface area contributed by atoms with Crippen molar-refractivity contribution in [2.75, 3.05) is 0 Å². The highest BCUT2D eigenvalue weighted by Crippen LogP contribution is 2.01. The molecule has 0 rings (SSSR count). The molecule has 5 heavy (non-hydrogen) atoms. The highest BCUT2D eigenvalue weighted by atomic mass is 33.1. The first-order chi connectivity index (χ1) is 2.27. The summed E-state index contributed by atoms with van der Waals surface area (Å²) in [6, 6.07) is 0. The Bertz CT molecular complexity index is 42.2. The predicted molar refractivity (Wildman–Crippen MR) is 33.4 cm³/mol. The molecule has 0 radical (unpaired) electrons. The number of hydrogen-bond acceptors (Lipinski definition) is 3. The maximum atomic E-state index is 4.91. The summed E-state index contributed by atoms with van der Waals surface area (Å²) in [6.45, 7) is 0. The molecule has 0 aromatic heterocycles. The Labute approximate surface area is 45.1 Å². The van der Waals surface area contributed by atoms with Gasteiger partial charge in [0.25, 0.3) is 0 Å².